The molecule has 0 fully saturated rings. The first kappa shape index (κ1) is 25.3. The van der Waals surface area contributed by atoms with Crippen molar-refractivity contribution in [2.24, 2.45) is 0 Å². The average molecular weight is 436 g/mol. The fourth-order valence-electron chi connectivity index (χ4n) is 1.44. The van der Waals surface area contributed by atoms with Gasteiger partial charge in [0.2, 0.25) is 0 Å². The second-order valence-corrected chi connectivity index (χ2v) is 10.7. The average Bonchev–Trinajstić information content (AvgIpc) is 2.34. The Morgan fingerprint density at radius 3 is 1.23 bits per heavy atom. The van der Waals surface area contributed by atoms with Crippen LogP contribution in [-0.2, 0) is 4.43 Å². The number of halogens is 13. The minimum absolute atomic E-state index is 1.34. The Hall–Kier alpha value is -0.733. The van der Waals surface area contributed by atoms with E-state index in [4.69, 9.17) is 0 Å². The SMILES string of the molecule is C[Si](C)(C)OCCC(F)(F)C(F)(F)C(F)(F)C(F)(F)C(F)(F)C(F)(F)F. The van der Waals surface area contributed by atoms with Crippen molar-refractivity contribution < 1.29 is 61.5 Å². The van der Waals surface area contributed by atoms with Gasteiger partial charge in [-0.1, -0.05) is 0 Å². The van der Waals surface area contributed by atoms with Gasteiger partial charge in [0.05, 0.1) is 0 Å². The van der Waals surface area contributed by atoms with Crippen LogP contribution in [0, 0.1) is 0 Å². The molecule has 0 N–H and O–H groups in total. The van der Waals surface area contributed by atoms with E-state index < -0.39 is 57.1 Å². The Morgan fingerprint density at radius 2 is 0.923 bits per heavy atom. The Bertz CT molecular complexity index is 491. The molecule has 0 bridgehead atoms. The van der Waals surface area contributed by atoms with Crippen LogP contribution in [0.15, 0.2) is 0 Å². The number of rotatable bonds is 8. The molecular weight excluding hydrogens is 423 g/mol. The molecule has 0 saturated heterocycles. The molecule has 0 radical (unpaired) electrons. The van der Waals surface area contributed by atoms with Crippen LogP contribution >= 0.6 is 0 Å². The van der Waals surface area contributed by atoms with Gasteiger partial charge in [0.15, 0.2) is 8.32 Å². The summed E-state index contributed by atoms with van der Waals surface area (Å²) in [5.74, 6) is -36.6. The molecule has 0 heterocycles. The molecule has 158 valence electrons. The van der Waals surface area contributed by atoms with Crippen molar-refractivity contribution in [1.29, 1.82) is 0 Å². The molecule has 0 rings (SSSR count). The molecule has 0 saturated carbocycles. The van der Waals surface area contributed by atoms with E-state index in [1.807, 2.05) is 0 Å². The maximum Gasteiger partial charge on any atom is 0.460 e. The van der Waals surface area contributed by atoms with Crippen molar-refractivity contribution >= 4 is 8.32 Å². The van der Waals surface area contributed by atoms with Crippen molar-refractivity contribution in [3.63, 3.8) is 0 Å². The first-order valence-electron chi connectivity index (χ1n) is 6.55. The van der Waals surface area contributed by atoms with Crippen LogP contribution in [0.25, 0.3) is 0 Å². The first-order valence-corrected chi connectivity index (χ1v) is 9.96. The van der Waals surface area contributed by atoms with Crippen molar-refractivity contribution in [3.8, 4) is 0 Å². The largest absolute Gasteiger partial charge is 0.460 e. The quantitative estimate of drug-likeness (QED) is 0.337. The predicted octanol–water partition coefficient (Wildman–Crippen LogP) is 5.97. The Kier molecular flexibility index (Phi) is 6.51. The van der Waals surface area contributed by atoms with Gasteiger partial charge in [-0.2, -0.15) is 57.1 Å². The highest BCUT2D eigenvalue weighted by atomic mass is 28.4. The van der Waals surface area contributed by atoms with Crippen molar-refractivity contribution in [1.82, 2.24) is 0 Å². The molecule has 0 unspecified atom stereocenters. The second kappa shape index (κ2) is 6.70. The lowest BCUT2D eigenvalue weighted by Gasteiger charge is -2.39. The van der Waals surface area contributed by atoms with Crippen LogP contribution < -0.4 is 0 Å². The zero-order chi connectivity index (χ0) is 21.6. The topological polar surface area (TPSA) is 9.23 Å². The zero-order valence-electron chi connectivity index (χ0n) is 13.2. The third-order valence-corrected chi connectivity index (χ3v) is 4.02. The van der Waals surface area contributed by atoms with Gasteiger partial charge in [-0.15, -0.1) is 0 Å². The summed E-state index contributed by atoms with van der Waals surface area (Å²) < 4.78 is 171. The van der Waals surface area contributed by atoms with E-state index in [-0.39, 0.29) is 0 Å². The lowest BCUT2D eigenvalue weighted by molar-refractivity contribution is -0.440. The Morgan fingerprint density at radius 1 is 0.577 bits per heavy atom. The summed E-state index contributed by atoms with van der Waals surface area (Å²) in [6.07, 6.45) is -9.71. The van der Waals surface area contributed by atoms with Gasteiger partial charge in [0.25, 0.3) is 0 Å². The second-order valence-electron chi connectivity index (χ2n) is 6.21. The lowest BCUT2D eigenvalue weighted by atomic mass is 9.93. The third kappa shape index (κ3) is 4.22. The van der Waals surface area contributed by atoms with Crippen molar-refractivity contribution in [2.75, 3.05) is 6.61 Å². The Balaban J connectivity index is 5.85. The van der Waals surface area contributed by atoms with E-state index in [9.17, 15) is 57.1 Å². The van der Waals surface area contributed by atoms with Gasteiger partial charge >= 0.3 is 35.8 Å². The molecule has 0 aliphatic carbocycles. The van der Waals surface area contributed by atoms with Gasteiger partial charge in [-0.3, -0.25) is 0 Å². The van der Waals surface area contributed by atoms with E-state index >= 15 is 0 Å². The normalized spacial score (nSPS) is 16.2. The fourth-order valence-corrected chi connectivity index (χ4v) is 2.16. The standard InChI is InChI=1S/C11H13F13OSi/c1-26(2,3)25-5-4-6(12,13)7(14,15)8(16,17)9(18,19)10(20,21)11(22,23)24/h4-5H2,1-3H3. The summed E-state index contributed by atoms with van der Waals surface area (Å²) >= 11 is 0. The van der Waals surface area contributed by atoms with Crippen LogP contribution in [-0.4, -0.2) is 50.7 Å². The molecule has 0 aliphatic rings. The minimum atomic E-state index is -7.86. The van der Waals surface area contributed by atoms with Crippen LogP contribution in [0.3, 0.4) is 0 Å². The Labute approximate surface area is 139 Å². The summed E-state index contributed by atoms with van der Waals surface area (Å²) in [7, 11) is -2.64. The maximum atomic E-state index is 13.3. The minimum Gasteiger partial charge on any atom is -0.417 e. The summed E-state index contributed by atoms with van der Waals surface area (Å²) in [5, 5.41) is 0. The fraction of sp³-hybridized carbons (Fsp3) is 1.00. The smallest absolute Gasteiger partial charge is 0.417 e. The van der Waals surface area contributed by atoms with Crippen molar-refractivity contribution in [2.45, 2.75) is 61.9 Å². The summed E-state index contributed by atoms with van der Waals surface area (Å²) in [4.78, 5) is 0. The van der Waals surface area contributed by atoms with E-state index in [0.717, 1.165) is 0 Å². The molecule has 1 nitrogen and oxygen atoms in total. The summed E-state index contributed by atoms with van der Waals surface area (Å²) in [6.45, 7) is 2.73. The molecule has 0 spiro atoms. The lowest BCUT2D eigenvalue weighted by Crippen LogP contribution is -2.70. The molecule has 0 aromatic carbocycles. The van der Waals surface area contributed by atoms with Crippen LogP contribution in [0.4, 0.5) is 57.1 Å². The summed E-state index contributed by atoms with van der Waals surface area (Å²) in [5.41, 5.74) is 0. The predicted molar refractivity (Wildman–Crippen MR) is 64.7 cm³/mol. The highest BCUT2D eigenvalue weighted by molar-refractivity contribution is 6.69. The van der Waals surface area contributed by atoms with Crippen LogP contribution in [0.1, 0.15) is 6.42 Å². The molecule has 0 aliphatic heterocycles. The van der Waals surface area contributed by atoms with E-state index in [2.05, 4.69) is 4.43 Å². The van der Waals surface area contributed by atoms with E-state index in [1.165, 1.54) is 19.6 Å². The maximum absolute atomic E-state index is 13.3. The number of alkyl halides is 13. The van der Waals surface area contributed by atoms with Gasteiger partial charge in [-0.25, -0.2) is 0 Å². The van der Waals surface area contributed by atoms with E-state index in [1.54, 1.807) is 0 Å². The van der Waals surface area contributed by atoms with Gasteiger partial charge in [0, 0.05) is 13.0 Å². The van der Waals surface area contributed by atoms with E-state index in [0.29, 0.717) is 0 Å². The highest BCUT2D eigenvalue weighted by Crippen LogP contribution is 2.60. The molecule has 15 heteroatoms. The molecule has 0 amide bonds. The molecule has 0 aromatic rings. The number of hydrogen-bond acceptors (Lipinski definition) is 1. The first-order chi connectivity index (χ1) is 11.0. The molecule has 0 aromatic heterocycles. The molecule has 0 atom stereocenters. The van der Waals surface area contributed by atoms with Crippen molar-refractivity contribution in [3.05, 3.63) is 0 Å². The van der Waals surface area contributed by atoms with Crippen LogP contribution in [0.5, 0.6) is 0 Å². The molecule has 26 heavy (non-hydrogen) atoms. The third-order valence-electron chi connectivity index (χ3n) is 2.95. The monoisotopic (exact) mass is 436 g/mol. The molecular formula is C11H13F13OSi. The van der Waals surface area contributed by atoms with Gasteiger partial charge in [-0.05, 0) is 19.6 Å². The van der Waals surface area contributed by atoms with Gasteiger partial charge in [0.1, 0.15) is 0 Å². The van der Waals surface area contributed by atoms with Crippen LogP contribution in [0.2, 0.25) is 19.6 Å². The zero-order valence-corrected chi connectivity index (χ0v) is 14.2. The van der Waals surface area contributed by atoms with Gasteiger partial charge < -0.3 is 4.43 Å². The highest BCUT2D eigenvalue weighted by Gasteiger charge is 2.90. The summed E-state index contributed by atoms with van der Waals surface area (Å²) in [6, 6.07) is 0. The number of hydrogen-bond donors (Lipinski definition) is 0.